The van der Waals surface area contributed by atoms with Gasteiger partial charge in [-0.3, -0.25) is 0 Å². The first-order valence-corrected chi connectivity index (χ1v) is 5.88. The molecule has 15 heavy (non-hydrogen) atoms. The minimum Gasteiger partial charge on any atom is -0.376 e. The van der Waals surface area contributed by atoms with Crippen LogP contribution in [-0.2, 0) is 6.42 Å². The number of rotatable bonds is 2. The predicted molar refractivity (Wildman–Crippen MR) is 69.4 cm³/mol. The van der Waals surface area contributed by atoms with Gasteiger partial charge in [0.1, 0.15) is 0 Å². The number of aromatic nitrogens is 1. The number of thiazole rings is 1. The molecule has 0 spiro atoms. The van der Waals surface area contributed by atoms with Gasteiger partial charge in [0.2, 0.25) is 0 Å². The van der Waals surface area contributed by atoms with Crippen LogP contribution in [-0.4, -0.2) is 10.1 Å². The molecule has 1 aromatic carbocycles. The smallest absolute Gasteiger partial charge is 0.190 e. The molecule has 1 aromatic heterocycles. The highest BCUT2D eigenvalue weighted by Gasteiger charge is 2.06. The molecule has 5 heteroatoms. The van der Waals surface area contributed by atoms with E-state index in [1.54, 1.807) is 11.3 Å². The van der Waals surface area contributed by atoms with Crippen molar-refractivity contribution >= 4 is 44.0 Å². The summed E-state index contributed by atoms with van der Waals surface area (Å²) >= 11 is 6.34. The van der Waals surface area contributed by atoms with E-state index < -0.39 is 0 Å². The fourth-order valence-electron chi connectivity index (χ4n) is 1.45. The van der Waals surface area contributed by atoms with E-state index in [1.165, 1.54) is 5.56 Å². The lowest BCUT2D eigenvalue weighted by Gasteiger charge is -1.96. The van der Waals surface area contributed by atoms with E-state index in [4.69, 9.17) is 18.0 Å². The van der Waals surface area contributed by atoms with Crippen LogP contribution in [0.25, 0.3) is 10.2 Å². The van der Waals surface area contributed by atoms with E-state index >= 15 is 0 Å². The Morgan fingerprint density at radius 2 is 2.40 bits per heavy atom. The molecule has 2 aromatic rings. The molecule has 2 rings (SSSR count). The van der Waals surface area contributed by atoms with Crippen molar-refractivity contribution in [1.29, 1.82) is 0 Å². The molecule has 0 aliphatic heterocycles. The summed E-state index contributed by atoms with van der Waals surface area (Å²) in [7, 11) is 0. The minimum absolute atomic E-state index is 0.257. The third-order valence-electron chi connectivity index (χ3n) is 2.11. The van der Waals surface area contributed by atoms with Gasteiger partial charge in [-0.2, -0.15) is 0 Å². The number of anilines is 1. The van der Waals surface area contributed by atoms with Crippen LogP contribution in [0, 0.1) is 0 Å². The van der Waals surface area contributed by atoms with Crippen molar-refractivity contribution in [3.8, 4) is 0 Å². The Morgan fingerprint density at radius 3 is 3.07 bits per heavy atom. The molecule has 78 valence electrons. The maximum atomic E-state index is 5.40. The van der Waals surface area contributed by atoms with Crippen molar-refractivity contribution in [1.82, 2.24) is 4.98 Å². The van der Waals surface area contributed by atoms with Crippen molar-refractivity contribution in [2.45, 2.75) is 13.3 Å². The van der Waals surface area contributed by atoms with Gasteiger partial charge in [0.15, 0.2) is 10.2 Å². The van der Waals surface area contributed by atoms with E-state index in [9.17, 15) is 0 Å². The van der Waals surface area contributed by atoms with Crippen molar-refractivity contribution in [3.63, 3.8) is 0 Å². The van der Waals surface area contributed by atoms with Gasteiger partial charge in [0.25, 0.3) is 0 Å². The summed E-state index contributed by atoms with van der Waals surface area (Å²) in [6, 6.07) is 6.19. The van der Waals surface area contributed by atoms with Gasteiger partial charge in [-0.05, 0) is 30.3 Å². The highest BCUT2D eigenvalue weighted by Crippen LogP contribution is 2.28. The van der Waals surface area contributed by atoms with Crippen molar-refractivity contribution in [3.05, 3.63) is 23.8 Å². The molecule has 0 fully saturated rings. The van der Waals surface area contributed by atoms with Crippen LogP contribution in [0.1, 0.15) is 12.5 Å². The number of hydrogen-bond acceptors (Lipinski definition) is 3. The third-order valence-corrected chi connectivity index (χ3v) is 3.15. The lowest BCUT2D eigenvalue weighted by Crippen LogP contribution is -2.18. The van der Waals surface area contributed by atoms with E-state index in [-0.39, 0.29) is 5.11 Å². The Morgan fingerprint density at radius 1 is 1.60 bits per heavy atom. The average Bonchev–Trinajstić information content (AvgIpc) is 2.58. The van der Waals surface area contributed by atoms with Gasteiger partial charge in [-0.25, -0.2) is 4.98 Å². The number of nitrogens with one attached hydrogen (secondary N) is 1. The molecule has 0 aliphatic rings. The van der Waals surface area contributed by atoms with Gasteiger partial charge >= 0.3 is 0 Å². The van der Waals surface area contributed by atoms with E-state index in [0.29, 0.717) is 0 Å². The minimum atomic E-state index is 0.257. The Balaban J connectivity index is 2.50. The molecule has 0 saturated heterocycles. The molecule has 0 amide bonds. The Bertz CT molecular complexity index is 504. The Kier molecular flexibility index (Phi) is 2.83. The summed E-state index contributed by atoms with van der Waals surface area (Å²) in [5.74, 6) is 0. The maximum absolute atomic E-state index is 5.40. The average molecular weight is 237 g/mol. The monoisotopic (exact) mass is 237 g/mol. The van der Waals surface area contributed by atoms with Crippen LogP contribution < -0.4 is 11.1 Å². The number of benzene rings is 1. The number of para-hydroxylation sites is 1. The molecule has 0 saturated carbocycles. The number of thiocarbonyl (C=S) groups is 1. The highest BCUT2D eigenvalue weighted by atomic mass is 32.1. The van der Waals surface area contributed by atoms with Crippen molar-refractivity contribution < 1.29 is 0 Å². The predicted octanol–water partition coefficient (Wildman–Crippen LogP) is 2.51. The first kappa shape index (κ1) is 10.3. The largest absolute Gasteiger partial charge is 0.376 e. The fraction of sp³-hybridized carbons (Fsp3) is 0.200. The van der Waals surface area contributed by atoms with Crippen LogP contribution in [0.5, 0.6) is 0 Å². The second-order valence-electron chi connectivity index (χ2n) is 3.13. The van der Waals surface area contributed by atoms with Crippen LogP contribution in [0.3, 0.4) is 0 Å². The number of hydrogen-bond donors (Lipinski definition) is 2. The van der Waals surface area contributed by atoms with E-state index in [2.05, 4.69) is 29.4 Å². The number of nitrogens with two attached hydrogens (primary N) is 1. The number of nitrogens with zero attached hydrogens (tertiary/aromatic N) is 1. The van der Waals surface area contributed by atoms with Gasteiger partial charge in [0.05, 0.1) is 10.2 Å². The summed E-state index contributed by atoms with van der Waals surface area (Å²) in [4.78, 5) is 4.46. The molecule has 0 atom stereocenters. The second-order valence-corrected chi connectivity index (χ2v) is 4.60. The molecule has 1 heterocycles. The first-order chi connectivity index (χ1) is 7.20. The fourth-order valence-corrected chi connectivity index (χ4v) is 2.54. The summed E-state index contributed by atoms with van der Waals surface area (Å²) < 4.78 is 1.16. The topological polar surface area (TPSA) is 50.9 Å². The summed E-state index contributed by atoms with van der Waals surface area (Å²) in [5, 5.41) is 3.88. The molecular formula is C10H11N3S2. The van der Waals surface area contributed by atoms with Crippen LogP contribution in [0.15, 0.2) is 18.2 Å². The first-order valence-electron chi connectivity index (χ1n) is 4.65. The zero-order valence-electron chi connectivity index (χ0n) is 8.28. The molecular weight excluding hydrogens is 226 g/mol. The second kappa shape index (κ2) is 4.12. The van der Waals surface area contributed by atoms with Gasteiger partial charge in [-0.15, -0.1) is 0 Å². The van der Waals surface area contributed by atoms with Crippen molar-refractivity contribution in [2.24, 2.45) is 5.73 Å². The molecule has 3 N–H and O–H groups in total. The van der Waals surface area contributed by atoms with Crippen LogP contribution in [0.4, 0.5) is 5.13 Å². The number of fused-ring (bicyclic) bond motifs is 1. The maximum Gasteiger partial charge on any atom is 0.190 e. The lowest BCUT2D eigenvalue weighted by molar-refractivity contribution is 1.15. The number of aryl methyl sites for hydroxylation is 1. The molecule has 0 radical (unpaired) electrons. The Labute approximate surface area is 97.3 Å². The zero-order chi connectivity index (χ0) is 10.8. The van der Waals surface area contributed by atoms with Crippen molar-refractivity contribution in [2.75, 3.05) is 5.32 Å². The molecule has 0 unspecified atom stereocenters. The van der Waals surface area contributed by atoms with Gasteiger partial charge in [0, 0.05) is 0 Å². The van der Waals surface area contributed by atoms with Crippen LogP contribution >= 0.6 is 23.6 Å². The SMILES string of the molecule is CCc1cccc2sc(NC(N)=S)nc12. The standard InChI is InChI=1S/C10H11N3S2/c1-2-6-4-3-5-7-8(6)12-10(15-7)13-9(11)14/h3-5H,2H2,1H3,(H3,11,12,13,14). The highest BCUT2D eigenvalue weighted by molar-refractivity contribution is 7.80. The zero-order valence-corrected chi connectivity index (χ0v) is 9.91. The quantitative estimate of drug-likeness (QED) is 0.788. The van der Waals surface area contributed by atoms with E-state index in [1.807, 2.05) is 6.07 Å². The molecule has 3 nitrogen and oxygen atoms in total. The molecule has 0 aliphatic carbocycles. The third kappa shape index (κ3) is 2.08. The summed E-state index contributed by atoms with van der Waals surface area (Å²) in [5.41, 5.74) is 7.70. The summed E-state index contributed by atoms with van der Waals surface area (Å²) in [6.45, 7) is 2.12. The Hall–Kier alpha value is -1.20. The van der Waals surface area contributed by atoms with Gasteiger partial charge in [-0.1, -0.05) is 30.4 Å². The van der Waals surface area contributed by atoms with Crippen LogP contribution in [0.2, 0.25) is 0 Å². The lowest BCUT2D eigenvalue weighted by atomic mass is 10.1. The van der Waals surface area contributed by atoms with E-state index in [0.717, 1.165) is 21.8 Å². The normalized spacial score (nSPS) is 10.5. The van der Waals surface area contributed by atoms with Gasteiger partial charge < -0.3 is 11.1 Å². The summed E-state index contributed by atoms with van der Waals surface area (Å²) in [6.07, 6.45) is 0.980. The molecule has 0 bridgehead atoms.